The number of nitrogens with zero attached hydrogens (tertiary/aromatic N) is 1. The molecule has 33 heavy (non-hydrogen) atoms. The Morgan fingerprint density at radius 2 is 1.67 bits per heavy atom. The van der Waals surface area contributed by atoms with Gasteiger partial charge in [0, 0.05) is 20.0 Å². The fourth-order valence-corrected chi connectivity index (χ4v) is 3.76. The van der Waals surface area contributed by atoms with E-state index >= 15 is 0 Å². The Labute approximate surface area is 192 Å². The van der Waals surface area contributed by atoms with Gasteiger partial charge >= 0.3 is 0 Å². The Kier molecular flexibility index (Phi) is 6.78. The fourth-order valence-electron chi connectivity index (χ4n) is 3.76. The zero-order chi connectivity index (χ0) is 23.2. The first-order valence-electron chi connectivity index (χ1n) is 10.7. The van der Waals surface area contributed by atoms with Crippen molar-refractivity contribution >= 4 is 11.8 Å². The van der Waals surface area contributed by atoms with Gasteiger partial charge in [-0.05, 0) is 41.0 Å². The van der Waals surface area contributed by atoms with Crippen molar-refractivity contribution in [2.24, 2.45) is 0 Å². The summed E-state index contributed by atoms with van der Waals surface area (Å²) < 4.78 is 16.0. The van der Waals surface area contributed by atoms with Crippen molar-refractivity contribution in [2.45, 2.75) is 26.1 Å². The zero-order valence-corrected chi connectivity index (χ0v) is 18.6. The number of carbonyl (C=O) groups excluding carboxylic acids is 2. The lowest BCUT2D eigenvalue weighted by atomic mass is 10.0. The third-order valence-electron chi connectivity index (χ3n) is 5.50. The van der Waals surface area contributed by atoms with Gasteiger partial charge in [-0.3, -0.25) is 9.59 Å². The molecule has 3 aromatic carbocycles. The molecular formula is C26H26N2O5. The summed E-state index contributed by atoms with van der Waals surface area (Å²) in [5.74, 6) is 1.62. The van der Waals surface area contributed by atoms with Crippen LogP contribution in [-0.4, -0.2) is 30.6 Å². The second-order valence-corrected chi connectivity index (χ2v) is 7.71. The SMILES string of the molecule is COc1ccc(CN(C(C)=O)C(C(=O)NCc2ccc3c(c2)OCO3)c2ccccc2)cc1. The number of methoxy groups -OCH3 is 1. The summed E-state index contributed by atoms with van der Waals surface area (Å²) in [6.07, 6.45) is 0. The minimum atomic E-state index is -0.778. The molecule has 0 spiro atoms. The van der Waals surface area contributed by atoms with Gasteiger partial charge in [0.15, 0.2) is 11.5 Å². The van der Waals surface area contributed by atoms with E-state index in [1.54, 1.807) is 12.0 Å². The van der Waals surface area contributed by atoms with Crippen molar-refractivity contribution in [2.75, 3.05) is 13.9 Å². The molecule has 0 fully saturated rings. The molecule has 1 heterocycles. The molecule has 0 bridgehead atoms. The molecule has 7 heteroatoms. The molecule has 7 nitrogen and oxygen atoms in total. The van der Waals surface area contributed by atoms with Gasteiger partial charge in [-0.25, -0.2) is 0 Å². The summed E-state index contributed by atoms with van der Waals surface area (Å²) in [6.45, 7) is 2.26. The Hall–Kier alpha value is -4.00. The summed E-state index contributed by atoms with van der Waals surface area (Å²) >= 11 is 0. The fraction of sp³-hybridized carbons (Fsp3) is 0.231. The zero-order valence-electron chi connectivity index (χ0n) is 18.6. The van der Waals surface area contributed by atoms with Gasteiger partial charge in [-0.2, -0.15) is 0 Å². The molecule has 0 saturated heterocycles. The summed E-state index contributed by atoms with van der Waals surface area (Å²) in [7, 11) is 1.60. The van der Waals surface area contributed by atoms with Crippen LogP contribution in [-0.2, 0) is 22.7 Å². The molecule has 0 radical (unpaired) electrons. The molecule has 3 aromatic rings. The highest BCUT2D eigenvalue weighted by Gasteiger charge is 2.29. The van der Waals surface area contributed by atoms with Crippen LogP contribution in [0.25, 0.3) is 0 Å². The molecule has 1 aliphatic heterocycles. The van der Waals surface area contributed by atoms with Gasteiger partial charge in [0.2, 0.25) is 18.6 Å². The van der Waals surface area contributed by atoms with E-state index in [4.69, 9.17) is 14.2 Å². The second kappa shape index (κ2) is 10.1. The van der Waals surface area contributed by atoms with Gasteiger partial charge in [-0.15, -0.1) is 0 Å². The average molecular weight is 447 g/mol. The average Bonchev–Trinajstić information content (AvgIpc) is 3.31. The molecule has 4 rings (SSSR count). The maximum atomic E-state index is 13.4. The number of rotatable bonds is 8. The van der Waals surface area contributed by atoms with E-state index in [1.165, 1.54) is 6.92 Å². The summed E-state index contributed by atoms with van der Waals surface area (Å²) in [5, 5.41) is 2.98. The Morgan fingerprint density at radius 1 is 0.970 bits per heavy atom. The first-order valence-corrected chi connectivity index (χ1v) is 10.7. The maximum Gasteiger partial charge on any atom is 0.247 e. The monoisotopic (exact) mass is 446 g/mol. The van der Waals surface area contributed by atoms with Gasteiger partial charge in [-0.1, -0.05) is 48.5 Å². The van der Waals surface area contributed by atoms with Crippen LogP contribution in [0.4, 0.5) is 0 Å². The molecule has 170 valence electrons. The van der Waals surface area contributed by atoms with Gasteiger partial charge in [0.1, 0.15) is 11.8 Å². The van der Waals surface area contributed by atoms with E-state index in [0.29, 0.717) is 18.0 Å². The number of ether oxygens (including phenoxy) is 3. The number of hydrogen-bond donors (Lipinski definition) is 1. The lowest BCUT2D eigenvalue weighted by Crippen LogP contribution is -2.42. The molecule has 0 saturated carbocycles. The molecular weight excluding hydrogens is 420 g/mol. The summed E-state index contributed by atoms with van der Waals surface area (Å²) in [4.78, 5) is 27.7. The highest BCUT2D eigenvalue weighted by atomic mass is 16.7. The van der Waals surface area contributed by atoms with Crippen LogP contribution in [0.5, 0.6) is 17.2 Å². The molecule has 1 unspecified atom stereocenters. The minimum absolute atomic E-state index is 0.195. The predicted molar refractivity (Wildman–Crippen MR) is 123 cm³/mol. The minimum Gasteiger partial charge on any atom is -0.497 e. The third kappa shape index (κ3) is 5.26. The third-order valence-corrected chi connectivity index (χ3v) is 5.50. The predicted octanol–water partition coefficient (Wildman–Crippen LogP) is 3.83. The highest BCUT2D eigenvalue weighted by Crippen LogP contribution is 2.32. The van der Waals surface area contributed by atoms with Gasteiger partial charge in [0.25, 0.3) is 0 Å². The van der Waals surface area contributed by atoms with Crippen LogP contribution >= 0.6 is 0 Å². The van der Waals surface area contributed by atoms with Crippen LogP contribution in [0.3, 0.4) is 0 Å². The van der Waals surface area contributed by atoms with E-state index < -0.39 is 6.04 Å². The molecule has 1 atom stereocenters. The summed E-state index contributed by atoms with van der Waals surface area (Å²) in [6, 6.07) is 21.5. The molecule has 1 N–H and O–H groups in total. The number of carbonyl (C=O) groups is 2. The van der Waals surface area contributed by atoms with Crippen molar-refractivity contribution in [1.29, 1.82) is 0 Å². The first-order chi connectivity index (χ1) is 16.0. The van der Waals surface area contributed by atoms with Crippen molar-refractivity contribution in [3.05, 3.63) is 89.5 Å². The quantitative estimate of drug-likeness (QED) is 0.569. The maximum absolute atomic E-state index is 13.4. The molecule has 0 aromatic heterocycles. The molecule has 0 aliphatic carbocycles. The van der Waals surface area contributed by atoms with E-state index in [-0.39, 0.29) is 25.2 Å². The van der Waals surface area contributed by atoms with Crippen molar-refractivity contribution in [3.8, 4) is 17.2 Å². The normalized spacial score (nSPS) is 12.7. The van der Waals surface area contributed by atoms with Gasteiger partial charge in [0.05, 0.1) is 7.11 Å². The Bertz CT molecular complexity index is 1120. The van der Waals surface area contributed by atoms with Crippen molar-refractivity contribution in [3.63, 3.8) is 0 Å². The van der Waals surface area contributed by atoms with E-state index in [9.17, 15) is 9.59 Å². The number of benzene rings is 3. The van der Waals surface area contributed by atoms with Crippen LogP contribution in [0.1, 0.15) is 29.7 Å². The number of amides is 2. The van der Waals surface area contributed by atoms with E-state index in [0.717, 1.165) is 22.4 Å². The molecule has 1 aliphatic rings. The number of fused-ring (bicyclic) bond motifs is 1. The second-order valence-electron chi connectivity index (χ2n) is 7.71. The van der Waals surface area contributed by atoms with Crippen LogP contribution in [0, 0.1) is 0 Å². The standard InChI is InChI=1S/C26H26N2O5/c1-18(29)28(16-19-8-11-22(31-2)12-9-19)25(21-6-4-3-5-7-21)26(30)27-15-20-10-13-23-24(14-20)33-17-32-23/h3-14,25H,15-17H2,1-2H3,(H,27,30). The Balaban J connectivity index is 1.56. The van der Waals surface area contributed by atoms with Crippen LogP contribution < -0.4 is 19.5 Å². The number of hydrogen-bond acceptors (Lipinski definition) is 5. The highest BCUT2D eigenvalue weighted by molar-refractivity contribution is 5.88. The van der Waals surface area contributed by atoms with Crippen LogP contribution in [0.15, 0.2) is 72.8 Å². The largest absolute Gasteiger partial charge is 0.497 e. The summed E-state index contributed by atoms with van der Waals surface area (Å²) in [5.41, 5.74) is 2.52. The first kappa shape index (κ1) is 22.2. The van der Waals surface area contributed by atoms with Crippen molar-refractivity contribution in [1.82, 2.24) is 10.2 Å². The van der Waals surface area contributed by atoms with E-state index in [2.05, 4.69) is 5.32 Å². The molecule has 2 amide bonds. The van der Waals surface area contributed by atoms with E-state index in [1.807, 2.05) is 72.8 Å². The Morgan fingerprint density at radius 3 is 2.36 bits per heavy atom. The topological polar surface area (TPSA) is 77.1 Å². The smallest absolute Gasteiger partial charge is 0.247 e. The van der Waals surface area contributed by atoms with Gasteiger partial charge < -0.3 is 24.4 Å². The number of nitrogens with one attached hydrogen (secondary N) is 1. The lowest BCUT2D eigenvalue weighted by molar-refractivity contribution is -0.140. The lowest BCUT2D eigenvalue weighted by Gasteiger charge is -2.30. The van der Waals surface area contributed by atoms with Crippen molar-refractivity contribution < 1.29 is 23.8 Å². The van der Waals surface area contributed by atoms with Crippen LogP contribution in [0.2, 0.25) is 0 Å².